The minimum absolute atomic E-state index is 0.0457. The van der Waals surface area contributed by atoms with Crippen molar-refractivity contribution < 1.29 is 22.0 Å². The predicted molar refractivity (Wildman–Crippen MR) is 96.5 cm³/mol. The van der Waals surface area contributed by atoms with Gasteiger partial charge in [0.05, 0.1) is 0 Å². The Hall–Kier alpha value is -2.17. The molecule has 1 aliphatic carbocycles. The summed E-state index contributed by atoms with van der Waals surface area (Å²) in [5.41, 5.74) is 3.44. The number of alkyl halides is 3. The van der Waals surface area contributed by atoms with Crippen molar-refractivity contribution in [2.24, 2.45) is 5.92 Å². The van der Waals surface area contributed by atoms with Gasteiger partial charge in [-0.25, -0.2) is 8.78 Å². The lowest BCUT2D eigenvalue weighted by Gasteiger charge is -2.27. The van der Waals surface area contributed by atoms with Gasteiger partial charge in [0.25, 0.3) is 0 Å². The predicted octanol–water partition coefficient (Wildman–Crippen LogP) is 7.49. The van der Waals surface area contributed by atoms with Gasteiger partial charge in [-0.1, -0.05) is 42.0 Å². The lowest BCUT2D eigenvalue weighted by molar-refractivity contribution is -0.109. The van der Waals surface area contributed by atoms with Crippen LogP contribution in [-0.4, -0.2) is 6.18 Å². The Morgan fingerprint density at radius 3 is 2.07 bits per heavy atom. The highest BCUT2D eigenvalue weighted by atomic mass is 19.4. The van der Waals surface area contributed by atoms with Crippen LogP contribution in [0.5, 0.6) is 0 Å². The first-order valence-corrected chi connectivity index (χ1v) is 9.05. The molecule has 0 unspecified atom stereocenters. The first-order chi connectivity index (χ1) is 12.7. The minimum Gasteiger partial charge on any atom is -0.207 e. The molecule has 0 radical (unpaired) electrons. The number of rotatable bonds is 3. The molecule has 0 bridgehead atoms. The Bertz CT molecular complexity index is 810. The normalized spacial score (nSPS) is 21.3. The zero-order valence-electron chi connectivity index (χ0n) is 15.0. The molecule has 0 heterocycles. The quantitative estimate of drug-likeness (QED) is 0.484. The van der Waals surface area contributed by atoms with Crippen LogP contribution in [0.1, 0.15) is 42.7 Å². The van der Waals surface area contributed by atoms with Gasteiger partial charge in [0, 0.05) is 0 Å². The highest BCUT2D eigenvalue weighted by Gasteiger charge is 2.35. The number of hydrogen-bond acceptors (Lipinski definition) is 0. The van der Waals surface area contributed by atoms with E-state index in [2.05, 4.69) is 0 Å². The van der Waals surface area contributed by atoms with Gasteiger partial charge in [-0.15, -0.1) is 0 Å². The van der Waals surface area contributed by atoms with Crippen LogP contribution in [0.15, 0.2) is 54.4 Å². The molecule has 0 atom stereocenters. The van der Waals surface area contributed by atoms with E-state index in [1.807, 2.05) is 37.3 Å². The van der Waals surface area contributed by atoms with Crippen LogP contribution in [0.2, 0.25) is 0 Å². The van der Waals surface area contributed by atoms with Crippen LogP contribution in [0.4, 0.5) is 22.0 Å². The number of aryl methyl sites for hydroxylation is 1. The summed E-state index contributed by atoms with van der Waals surface area (Å²) in [6.07, 6.45) is -2.30. The number of halogens is 5. The summed E-state index contributed by atoms with van der Waals surface area (Å²) in [6, 6.07) is 13.0. The summed E-state index contributed by atoms with van der Waals surface area (Å²) in [6.45, 7) is 1.99. The highest BCUT2D eigenvalue weighted by Crippen LogP contribution is 2.39. The molecule has 0 nitrogen and oxygen atoms in total. The summed E-state index contributed by atoms with van der Waals surface area (Å²) in [7, 11) is 0. The molecule has 2 aromatic carbocycles. The summed E-state index contributed by atoms with van der Waals surface area (Å²) >= 11 is 0. The maximum atomic E-state index is 14.6. The molecule has 0 amide bonds. The van der Waals surface area contributed by atoms with Gasteiger partial charge >= 0.3 is 6.18 Å². The average molecular weight is 380 g/mol. The molecule has 0 saturated heterocycles. The molecule has 0 spiro atoms. The SMILES string of the molecule is Cc1ccc(-c2ccc(C3CCC(C=C(F)C(F)(F)F)CC3)c(F)c2)cc1. The van der Waals surface area contributed by atoms with Crippen LogP contribution in [0, 0.1) is 18.7 Å². The molecule has 1 fully saturated rings. The van der Waals surface area contributed by atoms with Gasteiger partial charge in [-0.05, 0) is 73.3 Å². The van der Waals surface area contributed by atoms with Gasteiger partial charge in [0.1, 0.15) is 5.82 Å². The molecular weight excluding hydrogens is 359 g/mol. The fourth-order valence-electron chi connectivity index (χ4n) is 3.68. The van der Waals surface area contributed by atoms with Crippen molar-refractivity contribution in [2.45, 2.75) is 44.7 Å². The third-order valence-corrected chi connectivity index (χ3v) is 5.25. The van der Waals surface area contributed by atoms with Crippen molar-refractivity contribution in [3.05, 3.63) is 71.3 Å². The zero-order valence-corrected chi connectivity index (χ0v) is 15.0. The van der Waals surface area contributed by atoms with E-state index in [9.17, 15) is 22.0 Å². The van der Waals surface area contributed by atoms with E-state index in [4.69, 9.17) is 0 Å². The Labute approximate surface area is 155 Å². The van der Waals surface area contributed by atoms with Crippen LogP contribution >= 0.6 is 0 Å². The zero-order chi connectivity index (χ0) is 19.6. The minimum atomic E-state index is -4.92. The topological polar surface area (TPSA) is 0 Å². The molecule has 1 aliphatic rings. The van der Waals surface area contributed by atoms with Crippen molar-refractivity contribution in [1.29, 1.82) is 0 Å². The molecule has 0 N–H and O–H groups in total. The van der Waals surface area contributed by atoms with Crippen molar-refractivity contribution in [1.82, 2.24) is 0 Å². The maximum absolute atomic E-state index is 14.6. The molecular formula is C22H21F5. The van der Waals surface area contributed by atoms with Crippen LogP contribution in [-0.2, 0) is 0 Å². The second kappa shape index (κ2) is 7.83. The first-order valence-electron chi connectivity index (χ1n) is 9.05. The molecule has 3 rings (SSSR count). The molecule has 1 saturated carbocycles. The summed E-state index contributed by atoms with van der Waals surface area (Å²) < 4.78 is 64.6. The van der Waals surface area contributed by atoms with Crippen LogP contribution < -0.4 is 0 Å². The smallest absolute Gasteiger partial charge is 0.207 e. The standard InChI is InChI=1S/C22H21F5/c1-14-2-6-16(7-3-14)18-10-11-19(20(23)13-18)17-8-4-15(5-9-17)12-21(24)22(25,26)27/h2-3,6-7,10-13,15,17H,4-5,8-9H2,1H3. The van der Waals surface area contributed by atoms with E-state index in [0.29, 0.717) is 37.3 Å². The monoisotopic (exact) mass is 380 g/mol. The van der Waals surface area contributed by atoms with Gasteiger partial charge in [0.15, 0.2) is 5.83 Å². The van der Waals surface area contributed by atoms with Gasteiger partial charge in [-0.2, -0.15) is 13.2 Å². The average Bonchev–Trinajstić information content (AvgIpc) is 2.62. The lowest BCUT2D eigenvalue weighted by Crippen LogP contribution is -2.15. The Morgan fingerprint density at radius 1 is 0.926 bits per heavy atom. The largest absolute Gasteiger partial charge is 0.442 e. The fourth-order valence-corrected chi connectivity index (χ4v) is 3.68. The van der Waals surface area contributed by atoms with E-state index >= 15 is 0 Å². The summed E-state index contributed by atoms with van der Waals surface area (Å²) in [4.78, 5) is 0. The second-order valence-electron chi connectivity index (χ2n) is 7.23. The maximum Gasteiger partial charge on any atom is 0.442 e. The third kappa shape index (κ3) is 4.76. The van der Waals surface area contributed by atoms with Gasteiger partial charge < -0.3 is 0 Å². The Balaban J connectivity index is 1.69. The van der Waals surface area contributed by atoms with Gasteiger partial charge in [0.2, 0.25) is 0 Å². The highest BCUT2D eigenvalue weighted by molar-refractivity contribution is 5.64. The second-order valence-corrected chi connectivity index (χ2v) is 7.23. The molecule has 5 heteroatoms. The Morgan fingerprint density at radius 2 is 1.52 bits per heavy atom. The number of benzene rings is 2. The van der Waals surface area contributed by atoms with E-state index in [-0.39, 0.29) is 11.7 Å². The van der Waals surface area contributed by atoms with Crippen molar-refractivity contribution in [3.63, 3.8) is 0 Å². The van der Waals surface area contributed by atoms with Crippen molar-refractivity contribution >= 4 is 0 Å². The van der Waals surface area contributed by atoms with E-state index < -0.39 is 17.9 Å². The number of hydrogen-bond donors (Lipinski definition) is 0. The molecule has 0 aliphatic heterocycles. The first kappa shape index (κ1) is 19.6. The number of allylic oxidation sites excluding steroid dienone is 2. The van der Waals surface area contributed by atoms with E-state index in [0.717, 1.165) is 16.7 Å². The molecule has 27 heavy (non-hydrogen) atoms. The van der Waals surface area contributed by atoms with E-state index in [1.54, 1.807) is 6.07 Å². The molecule has 2 aromatic rings. The van der Waals surface area contributed by atoms with Crippen molar-refractivity contribution in [3.8, 4) is 11.1 Å². The summed E-state index contributed by atoms with van der Waals surface area (Å²) in [5.74, 6) is -2.82. The van der Waals surface area contributed by atoms with E-state index in [1.165, 1.54) is 6.07 Å². The van der Waals surface area contributed by atoms with Gasteiger partial charge in [-0.3, -0.25) is 0 Å². The fraction of sp³-hybridized carbons (Fsp3) is 0.364. The molecule has 144 valence electrons. The van der Waals surface area contributed by atoms with Crippen molar-refractivity contribution in [2.75, 3.05) is 0 Å². The van der Waals surface area contributed by atoms with Crippen LogP contribution in [0.25, 0.3) is 11.1 Å². The molecule has 0 aromatic heterocycles. The van der Waals surface area contributed by atoms with Crippen LogP contribution in [0.3, 0.4) is 0 Å². The lowest BCUT2D eigenvalue weighted by atomic mass is 9.78. The third-order valence-electron chi connectivity index (χ3n) is 5.25. The summed E-state index contributed by atoms with van der Waals surface area (Å²) in [5, 5.41) is 0. The Kier molecular flexibility index (Phi) is 5.68.